The van der Waals surface area contributed by atoms with Crippen LogP contribution in [0.3, 0.4) is 0 Å². The van der Waals surface area contributed by atoms with E-state index in [-0.39, 0.29) is 46.9 Å². The van der Waals surface area contributed by atoms with Crippen molar-refractivity contribution in [1.82, 2.24) is 4.31 Å². The number of nitrogens with zero attached hydrogens (tertiary/aromatic N) is 2. The Morgan fingerprint density at radius 3 is 2.38 bits per heavy atom. The predicted octanol–water partition coefficient (Wildman–Crippen LogP) is 5.79. The molecule has 0 aliphatic carbocycles. The minimum Gasteiger partial charge on any atom is -0.460 e. The number of carbonyl (C=O) groups is 1. The molecule has 10 heteroatoms. The number of halogens is 2. The van der Waals surface area contributed by atoms with E-state index in [0.717, 1.165) is 0 Å². The van der Waals surface area contributed by atoms with Crippen LogP contribution in [-0.4, -0.2) is 37.4 Å². The van der Waals surface area contributed by atoms with Crippen molar-refractivity contribution in [2.24, 2.45) is 5.92 Å². The highest BCUT2D eigenvalue weighted by atomic mass is 35.5. The molecule has 2 aromatic rings. The molecule has 0 radical (unpaired) electrons. The van der Waals surface area contributed by atoms with Gasteiger partial charge in [-0.2, -0.15) is 9.57 Å². The molecule has 182 valence electrons. The zero-order valence-electron chi connectivity index (χ0n) is 19.2. The summed E-state index contributed by atoms with van der Waals surface area (Å²) in [5.74, 6) is -0.390. The van der Waals surface area contributed by atoms with E-state index in [9.17, 15) is 18.5 Å². The van der Waals surface area contributed by atoms with Crippen LogP contribution in [0, 0.1) is 17.2 Å². The van der Waals surface area contributed by atoms with Gasteiger partial charge >= 0.3 is 5.97 Å². The number of hydrogen-bond donors (Lipinski definition) is 0. The van der Waals surface area contributed by atoms with Crippen molar-refractivity contribution in [2.75, 3.05) is 13.1 Å². The van der Waals surface area contributed by atoms with Gasteiger partial charge in [0.25, 0.3) is 0 Å². The molecule has 1 unspecified atom stereocenters. The standard InChI is InChI=1S/C24H26Cl2N2O5S/c1-24(2,3)33-23(29)17-5-4-9-28(10-8-17)34(30,31)22-11-16(15-27)6-7-21(22)32-20-13-18(25)12-19(26)14-20/h6-7,11-14,17H,4-5,8-10H2,1-3H3. The second-order valence-electron chi connectivity index (χ2n) is 9.05. The van der Waals surface area contributed by atoms with Crippen LogP contribution < -0.4 is 4.74 Å². The lowest BCUT2D eigenvalue weighted by Crippen LogP contribution is -2.33. The van der Waals surface area contributed by atoms with E-state index in [1.54, 1.807) is 20.8 Å². The number of ether oxygens (including phenoxy) is 2. The van der Waals surface area contributed by atoms with Crippen molar-refractivity contribution in [2.45, 2.75) is 50.5 Å². The normalized spacial score (nSPS) is 17.5. The van der Waals surface area contributed by atoms with Crippen molar-refractivity contribution >= 4 is 39.2 Å². The lowest BCUT2D eigenvalue weighted by Gasteiger charge is -2.24. The Morgan fingerprint density at radius 1 is 1.09 bits per heavy atom. The fraction of sp³-hybridized carbons (Fsp3) is 0.417. The first-order chi connectivity index (χ1) is 15.9. The fourth-order valence-electron chi connectivity index (χ4n) is 3.65. The molecule has 3 rings (SSSR count). The molecular formula is C24H26Cl2N2O5S. The molecule has 1 heterocycles. The SMILES string of the molecule is CC(C)(C)OC(=O)C1CCCN(S(=O)(=O)c2cc(C#N)ccc2Oc2cc(Cl)cc(Cl)c2)CC1. The molecule has 7 nitrogen and oxygen atoms in total. The average molecular weight is 525 g/mol. The van der Waals surface area contributed by atoms with Gasteiger partial charge in [-0.3, -0.25) is 4.79 Å². The maximum absolute atomic E-state index is 13.6. The number of rotatable bonds is 5. The number of hydrogen-bond acceptors (Lipinski definition) is 6. The van der Waals surface area contributed by atoms with Gasteiger partial charge in [-0.25, -0.2) is 8.42 Å². The molecule has 1 aliphatic heterocycles. The van der Waals surface area contributed by atoms with Crippen LogP contribution in [-0.2, 0) is 19.6 Å². The molecule has 0 N–H and O–H groups in total. The predicted molar refractivity (Wildman–Crippen MR) is 130 cm³/mol. The van der Waals surface area contributed by atoms with Crippen molar-refractivity contribution in [3.63, 3.8) is 0 Å². The minimum atomic E-state index is -4.03. The monoisotopic (exact) mass is 524 g/mol. The number of carbonyl (C=O) groups excluding carboxylic acids is 1. The van der Waals surface area contributed by atoms with Crippen LogP contribution in [0.1, 0.15) is 45.6 Å². The molecule has 2 aromatic carbocycles. The first-order valence-corrected chi connectivity index (χ1v) is 13.0. The van der Waals surface area contributed by atoms with Gasteiger partial charge in [0.2, 0.25) is 10.0 Å². The highest BCUT2D eigenvalue weighted by Gasteiger charge is 2.33. The largest absolute Gasteiger partial charge is 0.460 e. The van der Waals surface area contributed by atoms with Gasteiger partial charge < -0.3 is 9.47 Å². The summed E-state index contributed by atoms with van der Waals surface area (Å²) in [7, 11) is -4.03. The number of sulfonamides is 1. The summed E-state index contributed by atoms with van der Waals surface area (Å²) in [5, 5.41) is 10.0. The Morgan fingerprint density at radius 2 is 1.76 bits per heavy atom. The molecule has 0 saturated carbocycles. The Labute approximate surface area is 210 Å². The third kappa shape index (κ3) is 6.63. The summed E-state index contributed by atoms with van der Waals surface area (Å²) in [4.78, 5) is 12.4. The summed E-state index contributed by atoms with van der Waals surface area (Å²) in [5.41, 5.74) is -0.431. The molecule has 34 heavy (non-hydrogen) atoms. The van der Waals surface area contributed by atoms with Crippen molar-refractivity contribution in [3.05, 3.63) is 52.0 Å². The molecular weight excluding hydrogens is 499 g/mol. The third-order valence-electron chi connectivity index (χ3n) is 5.18. The zero-order valence-corrected chi connectivity index (χ0v) is 21.5. The van der Waals surface area contributed by atoms with Crippen LogP contribution >= 0.6 is 23.2 Å². The van der Waals surface area contributed by atoms with Gasteiger partial charge in [-0.1, -0.05) is 23.2 Å². The van der Waals surface area contributed by atoms with Crippen LogP contribution in [0.5, 0.6) is 11.5 Å². The lowest BCUT2D eigenvalue weighted by molar-refractivity contribution is -0.160. The Kier molecular flexibility index (Phi) is 8.14. The van der Waals surface area contributed by atoms with Crippen LogP contribution in [0.25, 0.3) is 0 Å². The smallest absolute Gasteiger partial charge is 0.309 e. The fourth-order valence-corrected chi connectivity index (χ4v) is 5.79. The van der Waals surface area contributed by atoms with Gasteiger partial charge in [-0.15, -0.1) is 0 Å². The number of benzene rings is 2. The Balaban J connectivity index is 1.89. The second kappa shape index (κ2) is 10.5. The summed E-state index contributed by atoms with van der Waals surface area (Å²) in [6.07, 6.45) is 1.37. The maximum atomic E-state index is 13.6. The van der Waals surface area contributed by atoms with Gasteiger partial charge in [0, 0.05) is 23.1 Å². The number of esters is 1. The Bertz CT molecular complexity index is 1200. The van der Waals surface area contributed by atoms with E-state index in [4.69, 9.17) is 32.7 Å². The molecule has 1 aliphatic rings. The maximum Gasteiger partial charge on any atom is 0.309 e. The first-order valence-electron chi connectivity index (χ1n) is 10.8. The van der Waals surface area contributed by atoms with E-state index >= 15 is 0 Å². The molecule has 0 spiro atoms. The van der Waals surface area contributed by atoms with E-state index in [2.05, 4.69) is 0 Å². The Hall–Kier alpha value is -2.31. The van der Waals surface area contributed by atoms with E-state index in [0.29, 0.717) is 29.3 Å². The number of nitriles is 1. The molecule has 0 amide bonds. The third-order valence-corrected chi connectivity index (χ3v) is 7.54. The molecule has 0 aromatic heterocycles. The summed E-state index contributed by atoms with van der Waals surface area (Å²) in [6, 6.07) is 10.7. The quantitative estimate of drug-likeness (QED) is 0.459. The minimum absolute atomic E-state index is 0.0465. The molecule has 1 atom stereocenters. The van der Waals surface area contributed by atoms with E-state index in [1.807, 2.05) is 6.07 Å². The summed E-state index contributed by atoms with van der Waals surface area (Å²) >= 11 is 12.1. The van der Waals surface area contributed by atoms with Gasteiger partial charge in [-0.05, 0) is 76.4 Å². The van der Waals surface area contributed by atoms with Crippen LogP contribution in [0.15, 0.2) is 41.3 Å². The topological polar surface area (TPSA) is 96.7 Å². The summed E-state index contributed by atoms with van der Waals surface area (Å²) in [6.45, 7) is 5.78. The van der Waals surface area contributed by atoms with E-state index < -0.39 is 15.6 Å². The van der Waals surface area contributed by atoms with Crippen LogP contribution in [0.4, 0.5) is 0 Å². The first kappa shape index (κ1) is 26.3. The highest BCUT2D eigenvalue weighted by molar-refractivity contribution is 7.89. The van der Waals surface area contributed by atoms with E-state index in [1.165, 1.54) is 40.7 Å². The zero-order chi connectivity index (χ0) is 25.1. The van der Waals surface area contributed by atoms with Crippen molar-refractivity contribution in [3.8, 4) is 17.6 Å². The van der Waals surface area contributed by atoms with Crippen molar-refractivity contribution in [1.29, 1.82) is 5.26 Å². The van der Waals surface area contributed by atoms with Gasteiger partial charge in [0.15, 0.2) is 0 Å². The van der Waals surface area contributed by atoms with Gasteiger partial charge in [0.1, 0.15) is 22.0 Å². The van der Waals surface area contributed by atoms with Crippen molar-refractivity contribution < 1.29 is 22.7 Å². The molecule has 0 bridgehead atoms. The van der Waals surface area contributed by atoms with Crippen LogP contribution in [0.2, 0.25) is 10.0 Å². The lowest BCUT2D eigenvalue weighted by atomic mass is 10.0. The summed E-state index contributed by atoms with van der Waals surface area (Å²) < 4.78 is 39.9. The highest BCUT2D eigenvalue weighted by Crippen LogP contribution is 2.35. The molecule has 1 saturated heterocycles. The average Bonchev–Trinajstić information content (AvgIpc) is 2.99. The second-order valence-corrected chi connectivity index (χ2v) is 11.8. The molecule has 1 fully saturated rings. The van der Waals surface area contributed by atoms with Gasteiger partial charge in [0.05, 0.1) is 17.6 Å².